The summed E-state index contributed by atoms with van der Waals surface area (Å²) in [7, 11) is 0. The number of nitrogens with zero attached hydrogens (tertiary/aromatic N) is 4. The molecule has 0 radical (unpaired) electrons. The summed E-state index contributed by atoms with van der Waals surface area (Å²) in [6, 6.07) is 22.5. The molecule has 0 saturated carbocycles. The molecule has 0 fully saturated rings. The first kappa shape index (κ1) is 18.4. The summed E-state index contributed by atoms with van der Waals surface area (Å²) in [6.07, 6.45) is 0. The smallest absolute Gasteiger partial charge is 0.279 e. The van der Waals surface area contributed by atoms with Crippen LogP contribution in [-0.2, 0) is 0 Å². The topological polar surface area (TPSA) is 73.8 Å². The Kier molecular flexibility index (Phi) is 4.52. The summed E-state index contributed by atoms with van der Waals surface area (Å²) in [5.74, 6) is 0.701. The van der Waals surface area contributed by atoms with Crippen molar-refractivity contribution in [2.24, 2.45) is 0 Å². The first-order valence-electron chi connectivity index (χ1n) is 9.29. The highest BCUT2D eigenvalue weighted by atomic mass is 79.9. The SMILES string of the molecule is Cc1ccc(-n2nc(-c3nc(-c4cccc(Br)c4)no3)c3ccccc3c2=O)cc1. The maximum Gasteiger partial charge on any atom is 0.279 e. The number of hydrogen-bond acceptors (Lipinski definition) is 5. The molecule has 5 rings (SSSR count). The Bertz CT molecular complexity index is 1440. The number of aryl methyl sites for hydroxylation is 1. The first-order chi connectivity index (χ1) is 14.6. The van der Waals surface area contributed by atoms with Gasteiger partial charge in [0.2, 0.25) is 5.82 Å². The van der Waals surface area contributed by atoms with Gasteiger partial charge in [0.15, 0.2) is 5.69 Å². The van der Waals surface area contributed by atoms with Gasteiger partial charge in [-0.25, -0.2) is 0 Å². The van der Waals surface area contributed by atoms with Crippen LogP contribution in [0.15, 0.2) is 86.6 Å². The van der Waals surface area contributed by atoms with E-state index in [4.69, 9.17) is 4.52 Å². The molecule has 5 aromatic rings. The summed E-state index contributed by atoms with van der Waals surface area (Å²) in [4.78, 5) is 17.6. The van der Waals surface area contributed by atoms with Crippen LogP contribution in [0.5, 0.6) is 0 Å². The molecule has 0 atom stereocenters. The first-order valence-corrected chi connectivity index (χ1v) is 10.1. The van der Waals surface area contributed by atoms with Crippen LogP contribution in [0.1, 0.15) is 5.56 Å². The molecule has 0 aliphatic carbocycles. The van der Waals surface area contributed by atoms with E-state index in [-0.39, 0.29) is 11.4 Å². The Labute approximate surface area is 179 Å². The second-order valence-electron chi connectivity index (χ2n) is 6.88. The molecular weight excluding hydrogens is 444 g/mol. The number of rotatable bonds is 3. The van der Waals surface area contributed by atoms with Gasteiger partial charge >= 0.3 is 0 Å². The molecule has 0 unspecified atom stereocenters. The van der Waals surface area contributed by atoms with Crippen molar-refractivity contribution in [3.05, 3.63) is 93.2 Å². The summed E-state index contributed by atoms with van der Waals surface area (Å²) in [6.45, 7) is 1.99. The molecule has 2 aromatic heterocycles. The van der Waals surface area contributed by atoms with Gasteiger partial charge < -0.3 is 4.52 Å². The van der Waals surface area contributed by atoms with Gasteiger partial charge in [0.05, 0.1) is 11.1 Å². The lowest BCUT2D eigenvalue weighted by Gasteiger charge is -2.09. The lowest BCUT2D eigenvalue weighted by atomic mass is 10.1. The number of hydrogen-bond donors (Lipinski definition) is 0. The van der Waals surface area contributed by atoms with Gasteiger partial charge in [-0.05, 0) is 37.3 Å². The van der Waals surface area contributed by atoms with Crippen molar-refractivity contribution in [2.75, 3.05) is 0 Å². The van der Waals surface area contributed by atoms with Crippen LogP contribution in [0.25, 0.3) is 39.4 Å². The maximum absolute atomic E-state index is 13.1. The molecule has 146 valence electrons. The third-order valence-corrected chi connectivity index (χ3v) is 5.29. The van der Waals surface area contributed by atoms with Gasteiger partial charge in [-0.2, -0.15) is 14.8 Å². The normalized spacial score (nSPS) is 11.1. The van der Waals surface area contributed by atoms with E-state index in [1.165, 1.54) is 4.68 Å². The number of fused-ring (bicyclic) bond motifs is 1. The van der Waals surface area contributed by atoms with Gasteiger partial charge in [-0.1, -0.05) is 69.1 Å². The van der Waals surface area contributed by atoms with Crippen LogP contribution in [0.3, 0.4) is 0 Å². The van der Waals surface area contributed by atoms with Crippen LogP contribution in [0.4, 0.5) is 0 Å². The van der Waals surface area contributed by atoms with E-state index in [1.54, 1.807) is 6.07 Å². The predicted octanol–water partition coefficient (Wildman–Crippen LogP) is 5.17. The fraction of sp³-hybridized carbons (Fsp3) is 0.0435. The zero-order chi connectivity index (χ0) is 20.7. The summed E-state index contributed by atoms with van der Waals surface area (Å²) in [5, 5.41) is 9.90. The Balaban J connectivity index is 1.72. The molecule has 0 amide bonds. The molecule has 6 nitrogen and oxygen atoms in total. The summed E-state index contributed by atoms with van der Waals surface area (Å²) < 4.78 is 7.84. The van der Waals surface area contributed by atoms with Gasteiger partial charge in [0.1, 0.15) is 0 Å². The molecule has 3 aromatic carbocycles. The second-order valence-corrected chi connectivity index (χ2v) is 7.80. The monoisotopic (exact) mass is 458 g/mol. The standard InChI is InChI=1S/C23H15BrN4O2/c1-14-9-11-17(12-10-14)28-23(29)19-8-3-2-7-18(19)20(26-28)22-25-21(27-30-22)15-5-4-6-16(24)13-15/h2-13H,1H3. The van der Waals surface area contributed by atoms with Gasteiger partial charge in [-0.3, -0.25) is 4.79 Å². The average Bonchev–Trinajstić information content (AvgIpc) is 3.25. The Hall–Kier alpha value is -3.58. The maximum atomic E-state index is 13.1. The van der Waals surface area contributed by atoms with Crippen LogP contribution in [-0.4, -0.2) is 19.9 Å². The highest BCUT2D eigenvalue weighted by molar-refractivity contribution is 9.10. The van der Waals surface area contributed by atoms with Gasteiger partial charge in [0, 0.05) is 15.4 Å². The molecule has 0 bridgehead atoms. The molecular formula is C23H15BrN4O2. The van der Waals surface area contributed by atoms with Crippen molar-refractivity contribution in [3.63, 3.8) is 0 Å². The van der Waals surface area contributed by atoms with E-state index in [0.717, 1.165) is 15.6 Å². The molecule has 0 aliphatic rings. The lowest BCUT2D eigenvalue weighted by Crippen LogP contribution is -2.22. The Morgan fingerprint density at radius 3 is 2.47 bits per heavy atom. The van der Waals surface area contributed by atoms with Crippen LogP contribution >= 0.6 is 15.9 Å². The summed E-state index contributed by atoms with van der Waals surface area (Å²) >= 11 is 3.46. The van der Waals surface area contributed by atoms with Crippen LogP contribution < -0.4 is 5.56 Å². The van der Waals surface area contributed by atoms with Crippen molar-refractivity contribution in [3.8, 4) is 28.7 Å². The molecule has 2 heterocycles. The quantitative estimate of drug-likeness (QED) is 0.372. The summed E-state index contributed by atoms with van der Waals surface area (Å²) in [5.41, 5.74) is 2.84. The van der Waals surface area contributed by atoms with E-state index in [9.17, 15) is 4.79 Å². The second kappa shape index (κ2) is 7.35. The highest BCUT2D eigenvalue weighted by Crippen LogP contribution is 2.27. The zero-order valence-electron chi connectivity index (χ0n) is 15.9. The largest absolute Gasteiger partial charge is 0.332 e. The third kappa shape index (κ3) is 3.23. The van der Waals surface area contributed by atoms with E-state index >= 15 is 0 Å². The molecule has 30 heavy (non-hydrogen) atoms. The van der Waals surface area contributed by atoms with Gasteiger partial charge in [0.25, 0.3) is 11.4 Å². The molecule has 0 saturated heterocycles. The van der Waals surface area contributed by atoms with Crippen molar-refractivity contribution in [1.82, 2.24) is 19.9 Å². The molecule has 7 heteroatoms. The Morgan fingerprint density at radius 2 is 1.70 bits per heavy atom. The van der Waals surface area contributed by atoms with Crippen molar-refractivity contribution in [1.29, 1.82) is 0 Å². The number of benzene rings is 3. The minimum atomic E-state index is -0.204. The van der Waals surface area contributed by atoms with Crippen molar-refractivity contribution >= 4 is 26.7 Å². The lowest BCUT2D eigenvalue weighted by molar-refractivity contribution is 0.430. The van der Waals surface area contributed by atoms with Crippen molar-refractivity contribution < 1.29 is 4.52 Å². The number of halogens is 1. The Morgan fingerprint density at radius 1 is 0.933 bits per heavy atom. The fourth-order valence-electron chi connectivity index (χ4n) is 3.27. The van der Waals surface area contributed by atoms with E-state index in [0.29, 0.717) is 28.0 Å². The zero-order valence-corrected chi connectivity index (χ0v) is 17.5. The minimum Gasteiger partial charge on any atom is -0.332 e. The minimum absolute atomic E-state index is 0.204. The van der Waals surface area contributed by atoms with Gasteiger partial charge in [-0.15, -0.1) is 0 Å². The van der Waals surface area contributed by atoms with E-state index in [2.05, 4.69) is 31.2 Å². The van der Waals surface area contributed by atoms with Crippen LogP contribution in [0.2, 0.25) is 0 Å². The van der Waals surface area contributed by atoms with E-state index < -0.39 is 0 Å². The third-order valence-electron chi connectivity index (χ3n) is 4.79. The fourth-order valence-corrected chi connectivity index (χ4v) is 3.67. The van der Waals surface area contributed by atoms with Crippen molar-refractivity contribution in [2.45, 2.75) is 6.92 Å². The molecule has 0 spiro atoms. The van der Waals surface area contributed by atoms with Crippen LogP contribution in [0, 0.1) is 6.92 Å². The number of aromatic nitrogens is 4. The predicted molar refractivity (Wildman–Crippen MR) is 119 cm³/mol. The average molecular weight is 459 g/mol. The molecule has 0 aliphatic heterocycles. The van der Waals surface area contributed by atoms with E-state index in [1.807, 2.05) is 73.7 Å². The highest BCUT2D eigenvalue weighted by Gasteiger charge is 2.19. The molecule has 0 N–H and O–H groups in total.